The van der Waals surface area contributed by atoms with Gasteiger partial charge in [0.05, 0.1) is 5.69 Å². The Kier molecular flexibility index (Phi) is 3.93. The highest BCUT2D eigenvalue weighted by Gasteiger charge is 2.05. The number of hydrogen-bond acceptors (Lipinski definition) is 1. The predicted octanol–water partition coefficient (Wildman–Crippen LogP) is 4.40. The summed E-state index contributed by atoms with van der Waals surface area (Å²) in [5, 5.41) is 0. The van der Waals surface area contributed by atoms with Crippen molar-refractivity contribution in [2.75, 3.05) is 0 Å². The van der Waals surface area contributed by atoms with E-state index in [9.17, 15) is 0 Å². The number of nitrogens with zero attached hydrogens (tertiary/aromatic N) is 1. The summed E-state index contributed by atoms with van der Waals surface area (Å²) in [6, 6.07) is 12.5. The van der Waals surface area contributed by atoms with Crippen LogP contribution in [-0.2, 0) is 6.42 Å². The number of rotatable bonds is 4. The third-order valence-corrected chi connectivity index (χ3v) is 3.18. The molecule has 2 aromatic rings. The molecule has 0 fully saturated rings. The molecule has 0 saturated carbocycles. The van der Waals surface area contributed by atoms with Gasteiger partial charge in [0.1, 0.15) is 0 Å². The molecule has 0 unspecified atom stereocenters. The van der Waals surface area contributed by atoms with E-state index in [1.807, 2.05) is 18.2 Å². The number of aryl methyl sites for hydroxylation is 2. The molecule has 0 saturated heterocycles. The van der Waals surface area contributed by atoms with Gasteiger partial charge in [0, 0.05) is 11.8 Å². The molecular weight excluding hydrogens is 218 g/mol. The van der Waals surface area contributed by atoms with Crippen LogP contribution in [0.3, 0.4) is 0 Å². The fourth-order valence-electron chi connectivity index (χ4n) is 2.12. The molecule has 0 aliphatic carbocycles. The van der Waals surface area contributed by atoms with Crippen LogP contribution in [0.15, 0.2) is 49.2 Å². The average Bonchev–Trinajstić information content (AvgIpc) is 2.41. The zero-order chi connectivity index (χ0) is 13.0. The van der Waals surface area contributed by atoms with Crippen LogP contribution in [0.2, 0.25) is 0 Å². The highest BCUT2D eigenvalue weighted by molar-refractivity contribution is 5.76. The summed E-state index contributed by atoms with van der Waals surface area (Å²) >= 11 is 0. The van der Waals surface area contributed by atoms with E-state index in [1.165, 1.54) is 17.5 Å². The number of pyridine rings is 1. The first-order valence-corrected chi connectivity index (χ1v) is 6.42. The van der Waals surface area contributed by atoms with Gasteiger partial charge in [-0.25, -0.2) is 0 Å². The molecule has 0 amide bonds. The number of benzene rings is 1. The van der Waals surface area contributed by atoms with Crippen molar-refractivity contribution < 1.29 is 0 Å². The van der Waals surface area contributed by atoms with Gasteiger partial charge in [-0.3, -0.25) is 4.98 Å². The van der Waals surface area contributed by atoms with Crippen molar-refractivity contribution in [2.45, 2.75) is 26.7 Å². The van der Waals surface area contributed by atoms with Crippen LogP contribution in [0, 0.1) is 6.92 Å². The maximum Gasteiger partial charge on any atom is 0.0702 e. The smallest absolute Gasteiger partial charge is 0.0702 e. The third-order valence-electron chi connectivity index (χ3n) is 3.18. The molecule has 18 heavy (non-hydrogen) atoms. The maximum absolute atomic E-state index is 4.34. The molecule has 1 heterocycles. The van der Waals surface area contributed by atoms with Crippen LogP contribution in [0.4, 0.5) is 0 Å². The Morgan fingerprint density at radius 2 is 2.06 bits per heavy atom. The minimum absolute atomic E-state index is 0.945. The van der Waals surface area contributed by atoms with E-state index in [2.05, 4.69) is 43.6 Å². The van der Waals surface area contributed by atoms with Crippen molar-refractivity contribution in [1.82, 2.24) is 4.98 Å². The molecule has 0 aliphatic rings. The second kappa shape index (κ2) is 5.63. The lowest BCUT2D eigenvalue weighted by atomic mass is 9.97. The van der Waals surface area contributed by atoms with E-state index in [1.54, 1.807) is 6.20 Å². The molecular formula is C17H19N. The minimum Gasteiger partial charge on any atom is -0.256 e. The molecule has 0 bridgehead atoms. The van der Waals surface area contributed by atoms with E-state index in [4.69, 9.17) is 0 Å². The van der Waals surface area contributed by atoms with Crippen LogP contribution >= 0.6 is 0 Å². The third kappa shape index (κ3) is 2.67. The standard InChI is InChI=1S/C17H19N/c1-4-7-15-9-10-16(12-13(15)2)14(3)17-8-5-6-11-18-17/h5-6,8-12H,3-4,7H2,1-2H3. The van der Waals surface area contributed by atoms with Crippen LogP contribution in [-0.4, -0.2) is 4.98 Å². The van der Waals surface area contributed by atoms with Crippen molar-refractivity contribution in [3.63, 3.8) is 0 Å². The molecule has 0 aliphatic heterocycles. The molecule has 1 aromatic heterocycles. The second-order valence-corrected chi connectivity index (χ2v) is 4.58. The number of hydrogen-bond donors (Lipinski definition) is 0. The first-order chi connectivity index (χ1) is 8.72. The average molecular weight is 237 g/mol. The zero-order valence-corrected chi connectivity index (χ0v) is 11.1. The molecule has 0 N–H and O–H groups in total. The van der Waals surface area contributed by atoms with E-state index in [-0.39, 0.29) is 0 Å². The monoisotopic (exact) mass is 237 g/mol. The highest BCUT2D eigenvalue weighted by Crippen LogP contribution is 2.22. The topological polar surface area (TPSA) is 12.9 Å². The van der Waals surface area contributed by atoms with Crippen molar-refractivity contribution in [3.05, 3.63) is 71.6 Å². The van der Waals surface area contributed by atoms with Crippen LogP contribution in [0.5, 0.6) is 0 Å². The molecule has 1 nitrogen and oxygen atoms in total. The molecule has 0 atom stereocenters. The molecule has 0 radical (unpaired) electrons. The van der Waals surface area contributed by atoms with Gasteiger partial charge in [0.25, 0.3) is 0 Å². The van der Waals surface area contributed by atoms with Crippen LogP contribution in [0.25, 0.3) is 5.57 Å². The predicted molar refractivity (Wildman–Crippen MR) is 77.5 cm³/mol. The largest absolute Gasteiger partial charge is 0.256 e. The molecule has 92 valence electrons. The van der Waals surface area contributed by atoms with Crippen LogP contribution in [0.1, 0.15) is 35.7 Å². The van der Waals surface area contributed by atoms with Gasteiger partial charge in [-0.15, -0.1) is 0 Å². The summed E-state index contributed by atoms with van der Waals surface area (Å²) in [7, 11) is 0. The van der Waals surface area contributed by atoms with Gasteiger partial charge in [-0.05, 0) is 42.2 Å². The Labute approximate surface area is 109 Å². The summed E-state index contributed by atoms with van der Waals surface area (Å²) in [4.78, 5) is 4.34. The first kappa shape index (κ1) is 12.6. The lowest BCUT2D eigenvalue weighted by molar-refractivity contribution is 0.912. The molecule has 1 heteroatoms. The summed E-state index contributed by atoms with van der Waals surface area (Å²) in [5.74, 6) is 0. The lowest BCUT2D eigenvalue weighted by Crippen LogP contribution is -1.93. The van der Waals surface area contributed by atoms with Gasteiger partial charge in [-0.2, -0.15) is 0 Å². The Morgan fingerprint density at radius 1 is 1.22 bits per heavy atom. The zero-order valence-electron chi connectivity index (χ0n) is 11.1. The van der Waals surface area contributed by atoms with Gasteiger partial charge in [0.2, 0.25) is 0 Å². The van der Waals surface area contributed by atoms with Crippen LogP contribution < -0.4 is 0 Å². The fourth-order valence-corrected chi connectivity index (χ4v) is 2.12. The van der Waals surface area contributed by atoms with E-state index in [0.717, 1.165) is 23.3 Å². The van der Waals surface area contributed by atoms with E-state index >= 15 is 0 Å². The van der Waals surface area contributed by atoms with Gasteiger partial charge in [-0.1, -0.05) is 44.2 Å². The van der Waals surface area contributed by atoms with E-state index < -0.39 is 0 Å². The second-order valence-electron chi connectivity index (χ2n) is 4.58. The fraction of sp³-hybridized carbons (Fsp3) is 0.235. The number of aromatic nitrogens is 1. The Hall–Kier alpha value is -1.89. The SMILES string of the molecule is C=C(c1ccc(CCC)c(C)c1)c1ccccn1. The lowest BCUT2D eigenvalue weighted by Gasteiger charge is -2.09. The van der Waals surface area contributed by atoms with Gasteiger partial charge in [0.15, 0.2) is 0 Å². The summed E-state index contributed by atoms with van der Waals surface area (Å²) in [6.45, 7) is 8.52. The first-order valence-electron chi connectivity index (χ1n) is 6.42. The summed E-state index contributed by atoms with van der Waals surface area (Å²) < 4.78 is 0. The van der Waals surface area contributed by atoms with Gasteiger partial charge >= 0.3 is 0 Å². The Morgan fingerprint density at radius 3 is 2.67 bits per heavy atom. The highest BCUT2D eigenvalue weighted by atomic mass is 14.7. The van der Waals surface area contributed by atoms with Crippen molar-refractivity contribution in [3.8, 4) is 0 Å². The quantitative estimate of drug-likeness (QED) is 0.767. The van der Waals surface area contributed by atoms with E-state index in [0.29, 0.717) is 0 Å². The van der Waals surface area contributed by atoms with Gasteiger partial charge < -0.3 is 0 Å². The minimum atomic E-state index is 0.945. The normalized spacial score (nSPS) is 10.3. The summed E-state index contributed by atoms with van der Waals surface area (Å²) in [6.07, 6.45) is 4.13. The Bertz CT molecular complexity index is 541. The Balaban J connectivity index is 2.30. The summed E-state index contributed by atoms with van der Waals surface area (Å²) in [5.41, 5.74) is 5.86. The molecule has 2 rings (SSSR count). The molecule has 0 spiro atoms. The van der Waals surface area contributed by atoms with Crippen molar-refractivity contribution >= 4 is 5.57 Å². The van der Waals surface area contributed by atoms with Crippen molar-refractivity contribution in [2.24, 2.45) is 0 Å². The van der Waals surface area contributed by atoms with Crippen molar-refractivity contribution in [1.29, 1.82) is 0 Å². The maximum atomic E-state index is 4.34. The molecule has 1 aromatic carbocycles.